The number of hydrogen-bond donors (Lipinski definition) is 2. The predicted molar refractivity (Wildman–Crippen MR) is 222 cm³/mol. The van der Waals surface area contributed by atoms with Crippen LogP contribution in [0, 0.1) is 23.4 Å². The van der Waals surface area contributed by atoms with Gasteiger partial charge in [0.25, 0.3) is 5.56 Å². The van der Waals surface area contributed by atoms with Gasteiger partial charge >= 0.3 is 6.18 Å². The lowest BCUT2D eigenvalue weighted by atomic mass is 10.0. The molecule has 0 unspecified atom stereocenters. The highest BCUT2D eigenvalue weighted by Crippen LogP contribution is 2.40. The van der Waals surface area contributed by atoms with Gasteiger partial charge in [0.05, 0.1) is 50.7 Å². The summed E-state index contributed by atoms with van der Waals surface area (Å²) in [6.07, 6.45) is -1.12. The van der Waals surface area contributed by atoms with Crippen LogP contribution in [0.25, 0.3) is 38.9 Å². The smallest absolute Gasteiger partial charge is 0.344 e. The molecule has 2 N–H and O–H groups in total. The van der Waals surface area contributed by atoms with E-state index < -0.39 is 93.2 Å². The molecule has 8 rings (SSSR count). The van der Waals surface area contributed by atoms with Crippen molar-refractivity contribution >= 4 is 55.3 Å². The van der Waals surface area contributed by atoms with E-state index in [4.69, 9.17) is 16.6 Å². The van der Waals surface area contributed by atoms with Crippen LogP contribution in [0.15, 0.2) is 83.8 Å². The van der Waals surface area contributed by atoms with Gasteiger partial charge in [-0.1, -0.05) is 37.6 Å². The third-order valence-electron chi connectivity index (χ3n) is 10.4. The first-order valence-electron chi connectivity index (χ1n) is 19.5. The molecular formula is C42H36ClF6N9O4S. The van der Waals surface area contributed by atoms with E-state index >= 15 is 9.18 Å². The van der Waals surface area contributed by atoms with E-state index in [1.807, 2.05) is 0 Å². The Morgan fingerprint density at radius 3 is 2.32 bits per heavy atom. The van der Waals surface area contributed by atoms with Crippen molar-refractivity contribution < 1.29 is 39.6 Å². The fourth-order valence-corrected chi connectivity index (χ4v) is 8.34. The van der Waals surface area contributed by atoms with Gasteiger partial charge in [-0.2, -0.15) is 23.4 Å². The van der Waals surface area contributed by atoms with Gasteiger partial charge in [-0.25, -0.2) is 31.6 Å². The van der Waals surface area contributed by atoms with Crippen molar-refractivity contribution in [1.29, 1.82) is 0 Å². The topological polar surface area (TPSA) is 159 Å². The standard InChI is InChI=1S/C42H36ClF6N9O4S/c1-21(2)35(56-15-14-30(53-56)23-8-9-23)40(59)51-32(18-22-16-24(44)19-25(45)17-22)39-52-37-27(10-12-31(50-37)26-6-4-5-7-29(26)46)41(60)58(39)33-13-11-28(43)34-36(33)57(20-42(47,48)49)54-38(34)55-63(3,61)62/h4-7,10-17,19,21,23,32,35H,8-9,18,20H2,1-3H3,(H,51,59)(H,54,55)/t32-,35+/m0/s1. The molecule has 1 aliphatic carbocycles. The van der Waals surface area contributed by atoms with Crippen molar-refractivity contribution in [2.45, 2.75) is 63.8 Å². The summed E-state index contributed by atoms with van der Waals surface area (Å²) in [6, 6.07) is 12.6. The number of anilines is 1. The Balaban J connectivity index is 1.42. The van der Waals surface area contributed by atoms with Crippen LogP contribution in [0.3, 0.4) is 0 Å². The molecule has 1 saturated carbocycles. The Morgan fingerprint density at radius 1 is 0.952 bits per heavy atom. The molecule has 328 valence electrons. The Bertz CT molecular complexity index is 3090. The third-order valence-corrected chi connectivity index (χ3v) is 11.3. The summed E-state index contributed by atoms with van der Waals surface area (Å²) in [7, 11) is -4.17. The van der Waals surface area contributed by atoms with Gasteiger partial charge in [-0.3, -0.25) is 28.2 Å². The Labute approximate surface area is 359 Å². The van der Waals surface area contributed by atoms with E-state index in [9.17, 15) is 35.2 Å². The first-order valence-corrected chi connectivity index (χ1v) is 21.7. The molecule has 4 aromatic heterocycles. The molecule has 0 spiro atoms. The van der Waals surface area contributed by atoms with Crippen LogP contribution in [-0.2, 0) is 27.8 Å². The molecule has 1 fully saturated rings. The highest BCUT2D eigenvalue weighted by molar-refractivity contribution is 7.92. The molecule has 4 heterocycles. The number of amides is 1. The monoisotopic (exact) mass is 911 g/mol. The molecule has 0 aliphatic heterocycles. The molecule has 13 nitrogen and oxygen atoms in total. The molecule has 1 aliphatic rings. The van der Waals surface area contributed by atoms with Gasteiger partial charge < -0.3 is 5.32 Å². The maximum absolute atomic E-state index is 15.1. The molecule has 0 bridgehead atoms. The van der Waals surface area contributed by atoms with E-state index in [1.165, 1.54) is 47.1 Å². The van der Waals surface area contributed by atoms with Crippen molar-refractivity contribution in [3.63, 3.8) is 0 Å². The van der Waals surface area contributed by atoms with Gasteiger partial charge in [-0.05, 0) is 78.9 Å². The Morgan fingerprint density at radius 2 is 1.67 bits per heavy atom. The lowest BCUT2D eigenvalue weighted by Crippen LogP contribution is -2.41. The second-order valence-electron chi connectivity index (χ2n) is 15.7. The number of benzene rings is 3. The van der Waals surface area contributed by atoms with E-state index in [1.54, 1.807) is 32.2 Å². The molecule has 21 heteroatoms. The van der Waals surface area contributed by atoms with Gasteiger partial charge in [-0.15, -0.1) is 0 Å². The average Bonchev–Trinajstić information content (AvgIpc) is 3.83. The van der Waals surface area contributed by atoms with Crippen LogP contribution >= 0.6 is 11.6 Å². The summed E-state index contributed by atoms with van der Waals surface area (Å²) in [6.45, 7) is 1.76. The number of halogens is 7. The second-order valence-corrected chi connectivity index (χ2v) is 17.8. The average molecular weight is 912 g/mol. The Kier molecular flexibility index (Phi) is 11.3. The number of alkyl halides is 3. The molecule has 3 aromatic carbocycles. The summed E-state index contributed by atoms with van der Waals surface area (Å²) in [5.74, 6) is -4.42. The zero-order chi connectivity index (χ0) is 45.1. The molecule has 0 radical (unpaired) electrons. The zero-order valence-corrected chi connectivity index (χ0v) is 35.0. The number of carbonyl (C=O) groups excluding carboxylic acids is 1. The summed E-state index contributed by atoms with van der Waals surface area (Å²) >= 11 is 6.56. The number of nitrogens with zero attached hydrogens (tertiary/aromatic N) is 7. The number of carbonyl (C=O) groups is 1. The van der Waals surface area contributed by atoms with Crippen LogP contribution in [0.5, 0.6) is 0 Å². The minimum Gasteiger partial charge on any atom is -0.344 e. The number of hydrogen-bond acceptors (Lipinski definition) is 8. The van der Waals surface area contributed by atoms with Crippen molar-refractivity contribution in [3.8, 4) is 16.9 Å². The van der Waals surface area contributed by atoms with E-state index in [-0.39, 0.29) is 49.9 Å². The van der Waals surface area contributed by atoms with Crippen LogP contribution in [-0.4, -0.2) is 60.9 Å². The highest BCUT2D eigenvalue weighted by atomic mass is 35.5. The van der Waals surface area contributed by atoms with E-state index in [0.717, 1.165) is 41.5 Å². The lowest BCUT2D eigenvalue weighted by Gasteiger charge is -2.27. The summed E-state index contributed by atoms with van der Waals surface area (Å²) in [5, 5.41) is 10.7. The maximum Gasteiger partial charge on any atom is 0.408 e. The summed E-state index contributed by atoms with van der Waals surface area (Å²) < 4.78 is 117. The second kappa shape index (κ2) is 16.4. The quantitative estimate of drug-likeness (QED) is 0.110. The van der Waals surface area contributed by atoms with E-state index in [0.29, 0.717) is 10.7 Å². The normalized spacial score (nSPS) is 14.4. The maximum atomic E-state index is 15.1. The van der Waals surface area contributed by atoms with Crippen molar-refractivity contribution in [1.82, 2.24) is 39.4 Å². The fourth-order valence-electron chi connectivity index (χ4n) is 7.60. The summed E-state index contributed by atoms with van der Waals surface area (Å²) in [5.41, 5.74) is -1.23. The van der Waals surface area contributed by atoms with Crippen LogP contribution in [0.1, 0.15) is 61.8 Å². The van der Waals surface area contributed by atoms with Gasteiger partial charge in [0.15, 0.2) is 11.5 Å². The Hall–Kier alpha value is -6.28. The van der Waals surface area contributed by atoms with Crippen LogP contribution in [0.4, 0.5) is 32.2 Å². The number of nitrogens with one attached hydrogen (secondary N) is 2. The van der Waals surface area contributed by atoms with Gasteiger partial charge in [0, 0.05) is 30.2 Å². The fraction of sp³-hybridized carbons (Fsp3) is 0.286. The number of pyridine rings is 1. The molecular weight excluding hydrogens is 876 g/mol. The third kappa shape index (κ3) is 9.13. The predicted octanol–water partition coefficient (Wildman–Crippen LogP) is 8.17. The van der Waals surface area contributed by atoms with E-state index in [2.05, 4.69) is 25.2 Å². The number of fused-ring (bicyclic) bond motifs is 2. The summed E-state index contributed by atoms with van der Waals surface area (Å²) in [4.78, 5) is 39.0. The highest BCUT2D eigenvalue weighted by Gasteiger charge is 2.35. The molecule has 7 aromatic rings. The minimum atomic E-state index is -4.95. The number of sulfonamides is 1. The molecule has 0 saturated heterocycles. The van der Waals surface area contributed by atoms with Crippen molar-refractivity contribution in [2.24, 2.45) is 5.92 Å². The first-order chi connectivity index (χ1) is 29.7. The largest absolute Gasteiger partial charge is 0.408 e. The van der Waals surface area contributed by atoms with Crippen LogP contribution < -0.4 is 15.6 Å². The molecule has 63 heavy (non-hydrogen) atoms. The minimum absolute atomic E-state index is 0.0222. The number of rotatable bonds is 13. The van der Waals surface area contributed by atoms with Gasteiger partial charge in [0.1, 0.15) is 35.9 Å². The number of aromatic nitrogens is 7. The van der Waals surface area contributed by atoms with Crippen molar-refractivity contribution in [2.75, 3.05) is 11.0 Å². The van der Waals surface area contributed by atoms with Crippen LogP contribution in [0.2, 0.25) is 5.02 Å². The lowest BCUT2D eigenvalue weighted by molar-refractivity contribution is -0.141. The SMILES string of the molecule is CC(C)[C@H](C(=O)N[C@@H](Cc1cc(F)cc(F)c1)c1nc2nc(-c3ccccc3F)ccc2c(=O)n1-c1ccc(Cl)c2c(NS(C)(=O)=O)nn(CC(F)(F)F)c12)n1ccc(C2CC2)n1. The molecule has 1 amide bonds. The molecule has 2 atom stereocenters. The first kappa shape index (κ1) is 43.4. The van der Waals surface area contributed by atoms with Gasteiger partial charge in [0.2, 0.25) is 15.9 Å². The van der Waals surface area contributed by atoms with Crippen molar-refractivity contribution in [3.05, 3.63) is 129 Å². The zero-order valence-electron chi connectivity index (χ0n) is 33.5.